The van der Waals surface area contributed by atoms with E-state index in [0.29, 0.717) is 17.3 Å². The predicted molar refractivity (Wildman–Crippen MR) is 87.0 cm³/mol. The highest BCUT2D eigenvalue weighted by Crippen LogP contribution is 2.40. The third kappa shape index (κ3) is 3.39. The molecule has 0 unspecified atom stereocenters. The molecule has 1 fully saturated rings. The van der Waals surface area contributed by atoms with Gasteiger partial charge in [-0.15, -0.1) is 12.4 Å². The molecule has 3 rings (SSSR count). The fourth-order valence-corrected chi connectivity index (χ4v) is 2.57. The number of halogens is 2. The number of carbonyl (C=O) groups is 1. The Kier molecular flexibility index (Phi) is 4.58. The Labute approximate surface area is 136 Å². The van der Waals surface area contributed by atoms with Gasteiger partial charge in [-0.05, 0) is 37.5 Å². The average molecular weight is 373 g/mol. The molecule has 1 aromatic heterocycles. The molecule has 0 saturated heterocycles. The first-order chi connectivity index (χ1) is 9.54. The monoisotopic (exact) mass is 371 g/mol. The summed E-state index contributed by atoms with van der Waals surface area (Å²) in [7, 11) is 0. The second-order valence-electron chi connectivity index (χ2n) is 5.03. The molecule has 1 heterocycles. The summed E-state index contributed by atoms with van der Waals surface area (Å²) in [4.78, 5) is 12.1. The van der Waals surface area contributed by atoms with Gasteiger partial charge in [0.05, 0.1) is 11.4 Å². The van der Waals surface area contributed by atoms with Gasteiger partial charge in [-0.2, -0.15) is 0 Å². The number of hydrogen-bond donors (Lipinski definition) is 2. The van der Waals surface area contributed by atoms with Crippen molar-refractivity contribution in [1.29, 1.82) is 0 Å². The van der Waals surface area contributed by atoms with Crippen molar-refractivity contribution in [1.82, 2.24) is 5.16 Å². The predicted octanol–water partition coefficient (Wildman–Crippen LogP) is 3.88. The van der Waals surface area contributed by atoms with Crippen LogP contribution in [0.3, 0.4) is 0 Å². The van der Waals surface area contributed by atoms with E-state index in [9.17, 15) is 4.79 Å². The maximum atomic E-state index is 12.1. The molecule has 5 nitrogen and oxygen atoms in total. The molecular weight excluding hydrogens is 358 g/mol. The molecule has 1 saturated carbocycles. The fraction of sp³-hybridized carbons (Fsp3) is 0.286. The highest BCUT2D eigenvalue weighted by atomic mass is 79.9. The van der Waals surface area contributed by atoms with E-state index in [1.165, 1.54) is 0 Å². The van der Waals surface area contributed by atoms with Crippen molar-refractivity contribution in [2.45, 2.75) is 25.7 Å². The van der Waals surface area contributed by atoms with Gasteiger partial charge in [0, 0.05) is 16.5 Å². The molecule has 7 heteroatoms. The number of nitrogens with zero attached hydrogens (tertiary/aromatic N) is 1. The van der Waals surface area contributed by atoms with Gasteiger partial charge in [-0.1, -0.05) is 21.1 Å². The number of amides is 1. The molecule has 0 bridgehead atoms. The number of hydrogen-bond acceptors (Lipinski definition) is 4. The first-order valence-corrected chi connectivity index (χ1v) is 7.17. The topological polar surface area (TPSA) is 81.2 Å². The molecule has 1 amide bonds. The quantitative estimate of drug-likeness (QED) is 0.801. The highest BCUT2D eigenvalue weighted by Gasteiger charge is 2.29. The summed E-state index contributed by atoms with van der Waals surface area (Å²) in [5.41, 5.74) is 8.26. The second-order valence-corrected chi connectivity index (χ2v) is 5.94. The van der Waals surface area contributed by atoms with Crippen LogP contribution in [0, 0.1) is 6.92 Å². The van der Waals surface area contributed by atoms with Crippen molar-refractivity contribution in [3.63, 3.8) is 0 Å². The zero-order valence-corrected chi connectivity index (χ0v) is 13.8. The number of nitrogens with one attached hydrogen (secondary N) is 1. The van der Waals surface area contributed by atoms with Crippen LogP contribution in [0.1, 0.15) is 40.6 Å². The van der Waals surface area contributed by atoms with E-state index in [1.54, 1.807) is 12.1 Å². The Hall–Kier alpha value is -1.53. The number of anilines is 2. The standard InChI is InChI=1S/C14H14BrN3O2.ClH/c1-7-4-9(15)5-10(13(7)16)17-14(19)11-6-12(20-18-11)8-2-3-8;/h4-6,8H,2-3,16H2,1H3,(H,17,19);1H. The Morgan fingerprint density at radius 3 is 2.81 bits per heavy atom. The highest BCUT2D eigenvalue weighted by molar-refractivity contribution is 9.10. The Balaban J connectivity index is 0.00000161. The molecular formula is C14H15BrClN3O2. The Morgan fingerprint density at radius 2 is 2.14 bits per heavy atom. The molecule has 2 aromatic rings. The molecule has 112 valence electrons. The summed E-state index contributed by atoms with van der Waals surface area (Å²) in [6.45, 7) is 1.89. The van der Waals surface area contributed by atoms with Crippen LogP contribution < -0.4 is 11.1 Å². The lowest BCUT2D eigenvalue weighted by atomic mass is 10.1. The summed E-state index contributed by atoms with van der Waals surface area (Å²) in [6.07, 6.45) is 2.21. The van der Waals surface area contributed by atoms with Crippen LogP contribution in [0.5, 0.6) is 0 Å². The lowest BCUT2D eigenvalue weighted by Crippen LogP contribution is -2.14. The van der Waals surface area contributed by atoms with Crippen LogP contribution in [0.4, 0.5) is 11.4 Å². The molecule has 1 aliphatic carbocycles. The number of rotatable bonds is 3. The van der Waals surface area contributed by atoms with Gasteiger partial charge in [0.15, 0.2) is 5.69 Å². The number of carbonyl (C=O) groups excluding carboxylic acids is 1. The third-order valence-electron chi connectivity index (χ3n) is 3.34. The summed E-state index contributed by atoms with van der Waals surface area (Å²) in [5, 5.41) is 6.57. The van der Waals surface area contributed by atoms with Gasteiger partial charge >= 0.3 is 0 Å². The first-order valence-electron chi connectivity index (χ1n) is 6.38. The second kappa shape index (κ2) is 6.07. The molecule has 3 N–H and O–H groups in total. The smallest absolute Gasteiger partial charge is 0.277 e. The largest absolute Gasteiger partial charge is 0.397 e. The van der Waals surface area contributed by atoms with Gasteiger partial charge < -0.3 is 15.6 Å². The van der Waals surface area contributed by atoms with E-state index in [4.69, 9.17) is 10.3 Å². The van der Waals surface area contributed by atoms with Crippen LogP contribution in [-0.2, 0) is 0 Å². The van der Waals surface area contributed by atoms with Gasteiger partial charge in [-0.25, -0.2) is 0 Å². The van der Waals surface area contributed by atoms with E-state index >= 15 is 0 Å². The van der Waals surface area contributed by atoms with Crippen LogP contribution >= 0.6 is 28.3 Å². The average Bonchev–Trinajstić information content (AvgIpc) is 3.13. The zero-order valence-electron chi connectivity index (χ0n) is 11.4. The minimum Gasteiger partial charge on any atom is -0.397 e. The zero-order chi connectivity index (χ0) is 14.3. The lowest BCUT2D eigenvalue weighted by molar-refractivity contribution is 0.101. The number of nitrogen functional groups attached to an aromatic ring is 1. The van der Waals surface area contributed by atoms with Crippen molar-refractivity contribution >= 4 is 45.6 Å². The molecule has 0 spiro atoms. The van der Waals surface area contributed by atoms with Gasteiger partial charge in [0.1, 0.15) is 5.76 Å². The normalized spacial score (nSPS) is 13.6. The number of benzene rings is 1. The number of aryl methyl sites for hydroxylation is 1. The SMILES string of the molecule is Cc1cc(Br)cc(NC(=O)c2cc(C3CC3)on2)c1N.Cl. The van der Waals surface area contributed by atoms with Crippen molar-refractivity contribution < 1.29 is 9.32 Å². The van der Waals surface area contributed by atoms with Gasteiger partial charge in [0.2, 0.25) is 0 Å². The number of aromatic nitrogens is 1. The molecule has 0 aliphatic heterocycles. The van der Waals surface area contributed by atoms with Crippen molar-refractivity contribution in [3.05, 3.63) is 39.7 Å². The molecule has 0 radical (unpaired) electrons. The van der Waals surface area contributed by atoms with E-state index < -0.39 is 0 Å². The number of nitrogens with two attached hydrogens (primary N) is 1. The molecule has 21 heavy (non-hydrogen) atoms. The lowest BCUT2D eigenvalue weighted by Gasteiger charge is -2.10. The summed E-state index contributed by atoms with van der Waals surface area (Å²) in [5.74, 6) is 0.903. The summed E-state index contributed by atoms with van der Waals surface area (Å²) >= 11 is 3.38. The first kappa shape index (κ1) is 15.9. The van der Waals surface area contributed by atoms with Crippen molar-refractivity contribution in [2.75, 3.05) is 11.1 Å². The minimum atomic E-state index is -0.315. The van der Waals surface area contributed by atoms with Crippen molar-refractivity contribution in [2.24, 2.45) is 0 Å². The Morgan fingerprint density at radius 1 is 1.43 bits per heavy atom. The molecule has 1 aromatic carbocycles. The fourth-order valence-electron chi connectivity index (χ4n) is 2.00. The van der Waals surface area contributed by atoms with Crippen molar-refractivity contribution in [3.8, 4) is 0 Å². The molecule has 1 aliphatic rings. The Bertz CT molecular complexity index is 683. The maximum absolute atomic E-state index is 12.1. The third-order valence-corrected chi connectivity index (χ3v) is 3.80. The minimum absolute atomic E-state index is 0. The molecule has 0 atom stereocenters. The van der Waals surface area contributed by atoms with E-state index in [1.807, 2.05) is 13.0 Å². The summed E-state index contributed by atoms with van der Waals surface area (Å²) in [6, 6.07) is 5.36. The summed E-state index contributed by atoms with van der Waals surface area (Å²) < 4.78 is 6.03. The maximum Gasteiger partial charge on any atom is 0.277 e. The van der Waals surface area contributed by atoms with E-state index in [-0.39, 0.29) is 24.0 Å². The van der Waals surface area contributed by atoms with E-state index in [2.05, 4.69) is 26.4 Å². The van der Waals surface area contributed by atoms with Crippen LogP contribution in [0.2, 0.25) is 0 Å². The van der Waals surface area contributed by atoms with Crippen LogP contribution in [0.25, 0.3) is 0 Å². The van der Waals surface area contributed by atoms with Gasteiger partial charge in [0.25, 0.3) is 5.91 Å². The van der Waals surface area contributed by atoms with Crippen LogP contribution in [-0.4, -0.2) is 11.1 Å². The van der Waals surface area contributed by atoms with Gasteiger partial charge in [-0.3, -0.25) is 4.79 Å². The van der Waals surface area contributed by atoms with Crippen LogP contribution in [0.15, 0.2) is 27.2 Å². The van der Waals surface area contributed by atoms with E-state index in [0.717, 1.165) is 28.6 Å².